The molecule has 116 valence electrons. The number of primary amides is 1. The molecule has 2 amide bonds. The summed E-state index contributed by atoms with van der Waals surface area (Å²) in [7, 11) is -4.24. The van der Waals surface area contributed by atoms with Crippen molar-refractivity contribution in [3.63, 3.8) is 0 Å². The van der Waals surface area contributed by atoms with E-state index < -0.39 is 32.6 Å². The average molecular weight is 327 g/mol. The van der Waals surface area contributed by atoms with Crippen molar-refractivity contribution in [2.45, 2.75) is 4.90 Å². The van der Waals surface area contributed by atoms with Gasteiger partial charge in [0, 0.05) is 11.8 Å². The normalized spacial score (nSPS) is 11.0. The SMILES string of the molecule is NC(=O)Nc1cccc(NS(=O)(=O)c2ccc(F)cc2F)c1. The van der Waals surface area contributed by atoms with Gasteiger partial charge in [0.05, 0.1) is 5.69 Å². The van der Waals surface area contributed by atoms with Crippen LogP contribution in [-0.2, 0) is 10.0 Å². The minimum Gasteiger partial charge on any atom is -0.351 e. The summed E-state index contributed by atoms with van der Waals surface area (Å²) in [6, 6.07) is 6.95. The molecule has 0 aromatic heterocycles. The molecule has 0 aliphatic heterocycles. The zero-order valence-corrected chi connectivity index (χ0v) is 11.8. The highest BCUT2D eigenvalue weighted by atomic mass is 32.2. The molecule has 2 aromatic rings. The topological polar surface area (TPSA) is 101 Å². The average Bonchev–Trinajstić information content (AvgIpc) is 2.36. The molecule has 6 nitrogen and oxygen atoms in total. The van der Waals surface area contributed by atoms with Gasteiger partial charge < -0.3 is 11.1 Å². The molecule has 2 aromatic carbocycles. The van der Waals surface area contributed by atoms with Crippen molar-refractivity contribution < 1.29 is 22.0 Å². The molecule has 9 heteroatoms. The molecule has 0 atom stereocenters. The summed E-state index contributed by atoms with van der Waals surface area (Å²) in [4.78, 5) is 10.1. The smallest absolute Gasteiger partial charge is 0.316 e. The zero-order valence-electron chi connectivity index (χ0n) is 11.0. The second-order valence-corrected chi connectivity index (χ2v) is 5.90. The maximum atomic E-state index is 13.6. The molecule has 0 spiro atoms. The number of rotatable bonds is 4. The Kier molecular flexibility index (Phi) is 4.27. The van der Waals surface area contributed by atoms with Crippen LogP contribution in [0.25, 0.3) is 0 Å². The number of halogens is 2. The predicted molar refractivity (Wildman–Crippen MR) is 76.8 cm³/mol. The van der Waals surface area contributed by atoms with Crippen LogP contribution in [0, 0.1) is 11.6 Å². The second-order valence-electron chi connectivity index (χ2n) is 4.25. The van der Waals surface area contributed by atoms with Crippen LogP contribution >= 0.6 is 0 Å². The highest BCUT2D eigenvalue weighted by molar-refractivity contribution is 7.92. The van der Waals surface area contributed by atoms with Gasteiger partial charge in [-0.2, -0.15) is 0 Å². The van der Waals surface area contributed by atoms with E-state index in [0.29, 0.717) is 6.07 Å². The summed E-state index contributed by atoms with van der Waals surface area (Å²) in [5.74, 6) is -2.09. The van der Waals surface area contributed by atoms with Gasteiger partial charge in [-0.25, -0.2) is 22.0 Å². The van der Waals surface area contributed by atoms with Crippen LogP contribution in [0.4, 0.5) is 25.0 Å². The van der Waals surface area contributed by atoms with Gasteiger partial charge in [0.2, 0.25) is 0 Å². The van der Waals surface area contributed by atoms with Crippen molar-refractivity contribution in [2.24, 2.45) is 5.73 Å². The van der Waals surface area contributed by atoms with Gasteiger partial charge in [0.25, 0.3) is 10.0 Å². The van der Waals surface area contributed by atoms with Crippen LogP contribution in [0.3, 0.4) is 0 Å². The molecule has 0 saturated heterocycles. The van der Waals surface area contributed by atoms with Crippen LogP contribution in [-0.4, -0.2) is 14.4 Å². The first-order valence-electron chi connectivity index (χ1n) is 5.92. The molecule has 22 heavy (non-hydrogen) atoms. The molecule has 2 rings (SSSR count). The lowest BCUT2D eigenvalue weighted by molar-refractivity contribution is 0.259. The van der Waals surface area contributed by atoms with Crippen LogP contribution < -0.4 is 15.8 Å². The third kappa shape index (κ3) is 3.70. The molecule has 0 radical (unpaired) electrons. The fourth-order valence-corrected chi connectivity index (χ4v) is 2.82. The quantitative estimate of drug-likeness (QED) is 0.802. The number of hydrogen-bond acceptors (Lipinski definition) is 3. The van der Waals surface area contributed by atoms with Crippen molar-refractivity contribution in [2.75, 3.05) is 10.0 Å². The number of sulfonamides is 1. The summed E-state index contributed by atoms with van der Waals surface area (Å²) in [5, 5.41) is 2.27. The molecule has 0 aliphatic rings. The first kappa shape index (κ1) is 15.7. The van der Waals surface area contributed by atoms with E-state index >= 15 is 0 Å². The van der Waals surface area contributed by atoms with Crippen molar-refractivity contribution in [3.05, 3.63) is 54.1 Å². The predicted octanol–water partition coefficient (Wildman–Crippen LogP) is 2.26. The van der Waals surface area contributed by atoms with Crippen LogP contribution in [0.5, 0.6) is 0 Å². The highest BCUT2D eigenvalue weighted by Gasteiger charge is 2.19. The Morgan fingerprint density at radius 3 is 2.36 bits per heavy atom. The maximum Gasteiger partial charge on any atom is 0.316 e. The molecular formula is C13H11F2N3O3S. The lowest BCUT2D eigenvalue weighted by atomic mass is 10.3. The van der Waals surface area contributed by atoms with Gasteiger partial charge in [-0.05, 0) is 30.3 Å². The number of nitrogens with two attached hydrogens (primary N) is 1. The molecule has 0 bridgehead atoms. The van der Waals surface area contributed by atoms with E-state index in [1.54, 1.807) is 0 Å². The molecule has 0 fully saturated rings. The first-order chi connectivity index (χ1) is 10.3. The standard InChI is InChI=1S/C13H11F2N3O3S/c14-8-4-5-12(11(15)6-8)22(20,21)18-10-3-1-2-9(7-10)17-13(16)19/h1-7,18H,(H3,16,17,19). The fourth-order valence-electron chi connectivity index (χ4n) is 1.71. The Bertz CT molecular complexity index is 825. The lowest BCUT2D eigenvalue weighted by Gasteiger charge is -2.10. The molecular weight excluding hydrogens is 316 g/mol. The molecule has 0 unspecified atom stereocenters. The number of carbonyl (C=O) groups is 1. The largest absolute Gasteiger partial charge is 0.351 e. The number of nitrogens with one attached hydrogen (secondary N) is 2. The molecule has 4 N–H and O–H groups in total. The number of anilines is 2. The van der Waals surface area contributed by atoms with Crippen molar-refractivity contribution in [1.29, 1.82) is 0 Å². The van der Waals surface area contributed by atoms with Gasteiger partial charge in [-0.15, -0.1) is 0 Å². The van der Waals surface area contributed by atoms with E-state index in [1.165, 1.54) is 24.3 Å². The summed E-state index contributed by atoms with van der Waals surface area (Å²) < 4.78 is 52.7. The van der Waals surface area contributed by atoms with E-state index in [2.05, 4.69) is 10.0 Å². The number of amides is 2. The van der Waals surface area contributed by atoms with Gasteiger partial charge >= 0.3 is 6.03 Å². The number of hydrogen-bond donors (Lipinski definition) is 3. The second kappa shape index (κ2) is 5.98. The van der Waals surface area contributed by atoms with E-state index in [9.17, 15) is 22.0 Å². The summed E-state index contributed by atoms with van der Waals surface area (Å²) in [5.41, 5.74) is 5.29. The van der Waals surface area contributed by atoms with E-state index in [1.807, 2.05) is 0 Å². The van der Waals surface area contributed by atoms with Crippen LogP contribution in [0.15, 0.2) is 47.4 Å². The third-order valence-corrected chi connectivity index (χ3v) is 3.98. The number of benzene rings is 2. The highest BCUT2D eigenvalue weighted by Crippen LogP contribution is 2.21. The Morgan fingerprint density at radius 1 is 1.05 bits per heavy atom. The molecule has 0 saturated carbocycles. The maximum absolute atomic E-state index is 13.6. The Morgan fingerprint density at radius 2 is 1.73 bits per heavy atom. The Labute approximate surface area is 125 Å². The van der Waals surface area contributed by atoms with E-state index in [0.717, 1.165) is 12.1 Å². The Balaban J connectivity index is 2.30. The fraction of sp³-hybridized carbons (Fsp3) is 0. The van der Waals surface area contributed by atoms with E-state index in [4.69, 9.17) is 5.73 Å². The van der Waals surface area contributed by atoms with Gasteiger partial charge in [0.1, 0.15) is 16.5 Å². The van der Waals surface area contributed by atoms with Crippen molar-refractivity contribution in [3.8, 4) is 0 Å². The summed E-state index contributed by atoms with van der Waals surface area (Å²) >= 11 is 0. The van der Waals surface area contributed by atoms with Crippen LogP contribution in [0.2, 0.25) is 0 Å². The van der Waals surface area contributed by atoms with E-state index in [-0.39, 0.29) is 11.4 Å². The van der Waals surface area contributed by atoms with Gasteiger partial charge in [-0.3, -0.25) is 4.72 Å². The minimum atomic E-state index is -4.24. The molecule has 0 aliphatic carbocycles. The summed E-state index contributed by atoms with van der Waals surface area (Å²) in [6.45, 7) is 0. The first-order valence-corrected chi connectivity index (χ1v) is 7.40. The summed E-state index contributed by atoms with van der Waals surface area (Å²) in [6.07, 6.45) is 0. The van der Waals surface area contributed by atoms with Gasteiger partial charge in [-0.1, -0.05) is 6.07 Å². The monoisotopic (exact) mass is 327 g/mol. The molecule has 0 heterocycles. The van der Waals surface area contributed by atoms with Crippen LogP contribution in [0.1, 0.15) is 0 Å². The van der Waals surface area contributed by atoms with Gasteiger partial charge in [0.15, 0.2) is 0 Å². The zero-order chi connectivity index (χ0) is 16.3. The van der Waals surface area contributed by atoms with Crippen molar-refractivity contribution >= 4 is 27.4 Å². The number of carbonyl (C=O) groups excluding carboxylic acids is 1. The lowest BCUT2D eigenvalue weighted by Crippen LogP contribution is -2.19. The number of urea groups is 1. The Hall–Kier alpha value is -2.68. The minimum absolute atomic E-state index is 0.0787. The third-order valence-electron chi connectivity index (χ3n) is 2.57. The van der Waals surface area contributed by atoms with Crippen molar-refractivity contribution in [1.82, 2.24) is 0 Å².